The van der Waals surface area contributed by atoms with Gasteiger partial charge in [-0.15, -0.1) is 0 Å². The van der Waals surface area contributed by atoms with Crippen molar-refractivity contribution in [1.82, 2.24) is 14.8 Å². The number of H-pyrrole nitrogens is 1. The maximum atomic E-state index is 13.0. The molecular formula is C19H23N3O2. The van der Waals surface area contributed by atoms with Gasteiger partial charge in [-0.1, -0.05) is 25.1 Å². The van der Waals surface area contributed by atoms with Gasteiger partial charge in [0.1, 0.15) is 12.6 Å². The van der Waals surface area contributed by atoms with Crippen LogP contribution in [0.1, 0.15) is 44.5 Å². The number of fused-ring (bicyclic) bond motifs is 4. The van der Waals surface area contributed by atoms with Crippen LogP contribution in [0.15, 0.2) is 24.3 Å². The van der Waals surface area contributed by atoms with Crippen molar-refractivity contribution in [2.45, 2.75) is 51.7 Å². The first-order valence-corrected chi connectivity index (χ1v) is 8.74. The molecule has 2 amide bonds. The summed E-state index contributed by atoms with van der Waals surface area (Å²) in [7, 11) is 0. The molecule has 3 heterocycles. The number of carbonyl (C=O) groups is 2. The summed E-state index contributed by atoms with van der Waals surface area (Å²) in [4.78, 5) is 32.8. The first-order valence-electron chi connectivity index (χ1n) is 8.74. The molecule has 5 heteroatoms. The third-order valence-electron chi connectivity index (χ3n) is 5.70. The fourth-order valence-electron chi connectivity index (χ4n) is 4.18. The Morgan fingerprint density at radius 3 is 2.79 bits per heavy atom. The molecule has 126 valence electrons. The highest BCUT2D eigenvalue weighted by atomic mass is 16.2. The summed E-state index contributed by atoms with van der Waals surface area (Å²) in [6.07, 6.45) is 1.46. The van der Waals surface area contributed by atoms with Gasteiger partial charge in [-0.2, -0.15) is 0 Å². The number of nitrogens with one attached hydrogen (secondary N) is 1. The maximum absolute atomic E-state index is 13.0. The van der Waals surface area contributed by atoms with Gasteiger partial charge in [0, 0.05) is 29.1 Å². The number of hydrogen-bond acceptors (Lipinski definition) is 2. The van der Waals surface area contributed by atoms with Gasteiger partial charge < -0.3 is 14.8 Å². The number of aromatic amines is 1. The standard InChI is InChI=1S/C19H23N3O2/c1-4-11(2)21-10-17(23)22-12(3)18-14(9-16(22)19(21)24)13-7-5-6-8-15(13)20-18/h5-8,11-12,16,20H,4,9-10H2,1-3H3/t11?,12?,16-/m0/s1. The summed E-state index contributed by atoms with van der Waals surface area (Å²) in [5.41, 5.74) is 3.34. The smallest absolute Gasteiger partial charge is 0.246 e. The van der Waals surface area contributed by atoms with E-state index in [9.17, 15) is 9.59 Å². The van der Waals surface area contributed by atoms with E-state index in [1.807, 2.05) is 26.0 Å². The lowest BCUT2D eigenvalue weighted by molar-refractivity contribution is -0.161. The molecule has 0 spiro atoms. The van der Waals surface area contributed by atoms with Gasteiger partial charge >= 0.3 is 0 Å². The summed E-state index contributed by atoms with van der Waals surface area (Å²) in [6.45, 7) is 6.29. The van der Waals surface area contributed by atoms with E-state index in [1.54, 1.807) is 9.80 Å². The predicted molar refractivity (Wildman–Crippen MR) is 92.5 cm³/mol. The SMILES string of the molecule is CCC(C)N1CC(=O)N2C(C)c3[nH]c4ccccc4c3C[C@H]2C1=O. The molecular weight excluding hydrogens is 302 g/mol. The molecule has 3 atom stereocenters. The van der Waals surface area contributed by atoms with Crippen molar-refractivity contribution in [3.63, 3.8) is 0 Å². The largest absolute Gasteiger partial charge is 0.356 e. The van der Waals surface area contributed by atoms with Gasteiger partial charge in [-0.3, -0.25) is 9.59 Å². The Morgan fingerprint density at radius 2 is 2.04 bits per heavy atom. The molecule has 1 aromatic heterocycles. The summed E-state index contributed by atoms with van der Waals surface area (Å²) < 4.78 is 0. The van der Waals surface area contributed by atoms with E-state index >= 15 is 0 Å². The van der Waals surface area contributed by atoms with Crippen molar-refractivity contribution in [2.24, 2.45) is 0 Å². The van der Waals surface area contributed by atoms with Crippen LogP contribution in [-0.2, 0) is 16.0 Å². The summed E-state index contributed by atoms with van der Waals surface area (Å²) in [5.74, 6) is 0.142. The van der Waals surface area contributed by atoms with E-state index in [2.05, 4.69) is 24.0 Å². The molecule has 0 bridgehead atoms. The fourth-order valence-corrected chi connectivity index (χ4v) is 4.18. The average molecular weight is 325 g/mol. The minimum atomic E-state index is -0.373. The normalized spacial score (nSPS) is 25.0. The molecule has 2 unspecified atom stereocenters. The van der Waals surface area contributed by atoms with E-state index in [0.29, 0.717) is 6.42 Å². The van der Waals surface area contributed by atoms with Crippen LogP contribution in [0.3, 0.4) is 0 Å². The Morgan fingerprint density at radius 1 is 1.29 bits per heavy atom. The molecule has 1 N–H and O–H groups in total. The molecule has 2 aromatic rings. The number of carbonyl (C=O) groups excluding carboxylic acids is 2. The van der Waals surface area contributed by atoms with Crippen molar-refractivity contribution in [1.29, 1.82) is 0 Å². The third kappa shape index (κ3) is 2.00. The van der Waals surface area contributed by atoms with Crippen molar-refractivity contribution < 1.29 is 9.59 Å². The van der Waals surface area contributed by atoms with Crippen LogP contribution in [0.4, 0.5) is 0 Å². The zero-order chi connectivity index (χ0) is 17.0. The predicted octanol–water partition coefficient (Wildman–Crippen LogP) is 2.62. The molecule has 5 nitrogen and oxygen atoms in total. The summed E-state index contributed by atoms with van der Waals surface area (Å²) in [6, 6.07) is 7.80. The minimum Gasteiger partial charge on any atom is -0.356 e. The second-order valence-electron chi connectivity index (χ2n) is 6.98. The zero-order valence-electron chi connectivity index (χ0n) is 14.4. The lowest BCUT2D eigenvalue weighted by Crippen LogP contribution is -2.64. The number of piperazine rings is 1. The number of amides is 2. The van der Waals surface area contributed by atoms with Gasteiger partial charge in [0.15, 0.2) is 0 Å². The van der Waals surface area contributed by atoms with E-state index in [1.165, 1.54) is 10.9 Å². The van der Waals surface area contributed by atoms with E-state index < -0.39 is 0 Å². The Bertz CT molecular complexity index is 825. The zero-order valence-corrected chi connectivity index (χ0v) is 14.4. The van der Waals surface area contributed by atoms with Crippen LogP contribution in [0.25, 0.3) is 10.9 Å². The van der Waals surface area contributed by atoms with E-state index in [-0.39, 0.29) is 36.5 Å². The quantitative estimate of drug-likeness (QED) is 0.923. The molecule has 2 aliphatic heterocycles. The summed E-state index contributed by atoms with van der Waals surface area (Å²) in [5, 5.41) is 1.17. The average Bonchev–Trinajstić information content (AvgIpc) is 2.96. The number of rotatable bonds is 2. The van der Waals surface area contributed by atoms with Crippen LogP contribution in [0.5, 0.6) is 0 Å². The second-order valence-corrected chi connectivity index (χ2v) is 6.98. The molecule has 1 fully saturated rings. The first kappa shape index (κ1) is 15.2. The minimum absolute atomic E-state index is 0.0525. The Labute approximate surface area is 141 Å². The van der Waals surface area contributed by atoms with Gasteiger partial charge in [-0.05, 0) is 31.9 Å². The first-order chi connectivity index (χ1) is 11.5. The molecule has 4 rings (SSSR count). The maximum Gasteiger partial charge on any atom is 0.246 e. The van der Waals surface area contributed by atoms with Crippen LogP contribution in [0.2, 0.25) is 0 Å². The Kier molecular flexibility index (Phi) is 3.41. The Hall–Kier alpha value is -2.30. The van der Waals surface area contributed by atoms with Crippen molar-refractivity contribution >= 4 is 22.7 Å². The lowest BCUT2D eigenvalue weighted by Gasteiger charge is -2.47. The molecule has 1 aromatic carbocycles. The summed E-state index contributed by atoms with van der Waals surface area (Å²) >= 11 is 0. The van der Waals surface area contributed by atoms with Gasteiger partial charge in [0.05, 0.1) is 6.04 Å². The number of benzene rings is 1. The molecule has 0 aliphatic carbocycles. The molecule has 0 radical (unpaired) electrons. The molecule has 1 saturated heterocycles. The second kappa shape index (κ2) is 5.36. The number of nitrogens with zero attached hydrogens (tertiary/aromatic N) is 2. The van der Waals surface area contributed by atoms with E-state index in [4.69, 9.17) is 0 Å². The van der Waals surface area contributed by atoms with Crippen LogP contribution < -0.4 is 0 Å². The number of para-hydroxylation sites is 1. The van der Waals surface area contributed by atoms with Crippen molar-refractivity contribution in [3.8, 4) is 0 Å². The Balaban J connectivity index is 1.80. The van der Waals surface area contributed by atoms with Crippen LogP contribution in [-0.4, -0.2) is 45.2 Å². The monoisotopic (exact) mass is 325 g/mol. The van der Waals surface area contributed by atoms with Gasteiger partial charge in [-0.25, -0.2) is 0 Å². The van der Waals surface area contributed by atoms with Gasteiger partial charge in [0.25, 0.3) is 0 Å². The van der Waals surface area contributed by atoms with Crippen molar-refractivity contribution in [3.05, 3.63) is 35.5 Å². The van der Waals surface area contributed by atoms with Crippen LogP contribution in [0, 0.1) is 0 Å². The molecule has 2 aliphatic rings. The molecule has 0 saturated carbocycles. The molecule has 24 heavy (non-hydrogen) atoms. The van der Waals surface area contributed by atoms with E-state index in [0.717, 1.165) is 17.6 Å². The highest BCUT2D eigenvalue weighted by Crippen LogP contribution is 2.39. The van der Waals surface area contributed by atoms with Gasteiger partial charge in [0.2, 0.25) is 11.8 Å². The third-order valence-corrected chi connectivity index (χ3v) is 5.70. The lowest BCUT2D eigenvalue weighted by atomic mass is 9.89. The highest BCUT2D eigenvalue weighted by molar-refractivity contribution is 5.97. The fraction of sp³-hybridized carbons (Fsp3) is 0.474. The number of hydrogen-bond donors (Lipinski definition) is 1. The van der Waals surface area contributed by atoms with Crippen LogP contribution >= 0.6 is 0 Å². The van der Waals surface area contributed by atoms with Crippen molar-refractivity contribution in [2.75, 3.05) is 6.54 Å². The highest BCUT2D eigenvalue weighted by Gasteiger charge is 2.46. The topological polar surface area (TPSA) is 56.4 Å². The number of aromatic nitrogens is 1.